The molecule has 0 unspecified atom stereocenters. The van der Waals surface area contributed by atoms with E-state index in [9.17, 15) is 0 Å². The Bertz CT molecular complexity index is 2800. The van der Waals surface area contributed by atoms with Gasteiger partial charge in [-0.05, 0) is 92.3 Å². The maximum absolute atomic E-state index is 6.24. The van der Waals surface area contributed by atoms with E-state index in [2.05, 4.69) is 156 Å². The molecular weight excluding hydrogens is 558 g/mol. The molecule has 0 bridgehead atoms. The summed E-state index contributed by atoms with van der Waals surface area (Å²) in [5, 5.41) is 9.91. The molecule has 0 radical (unpaired) electrons. The van der Waals surface area contributed by atoms with Crippen LogP contribution in [0.1, 0.15) is 0 Å². The Kier molecular flexibility index (Phi) is 5.31. The van der Waals surface area contributed by atoms with Crippen molar-refractivity contribution in [2.75, 3.05) is 0 Å². The van der Waals surface area contributed by atoms with Crippen LogP contribution >= 0.6 is 0 Å². The number of hydrogen-bond acceptors (Lipinski definition) is 1. The van der Waals surface area contributed by atoms with Crippen LogP contribution in [0.15, 0.2) is 168 Å². The molecule has 0 saturated heterocycles. The lowest BCUT2D eigenvalue weighted by molar-refractivity contribution is 0.669. The number of nitrogens with zero attached hydrogens (tertiary/aromatic N) is 1. The van der Waals surface area contributed by atoms with E-state index in [1.165, 1.54) is 54.5 Å². The summed E-state index contributed by atoms with van der Waals surface area (Å²) in [7, 11) is 0. The van der Waals surface area contributed by atoms with E-state index in [0.717, 1.165) is 38.8 Å². The SMILES string of the molecule is c1ccc2c(c1)cc(-c1ccc(-n3c4ccccc4c4ccc(-c5ccc6c(c5)oc5ccccc56)cc43)cc1)c1ccccc12. The van der Waals surface area contributed by atoms with Gasteiger partial charge in [-0.25, -0.2) is 0 Å². The molecule has 10 rings (SSSR count). The Morgan fingerprint density at radius 3 is 1.78 bits per heavy atom. The third-order valence-corrected chi connectivity index (χ3v) is 9.59. The van der Waals surface area contributed by atoms with Crippen molar-refractivity contribution in [2.45, 2.75) is 0 Å². The number of benzene rings is 8. The van der Waals surface area contributed by atoms with Crippen molar-refractivity contribution in [1.82, 2.24) is 4.57 Å². The van der Waals surface area contributed by atoms with Gasteiger partial charge in [-0.15, -0.1) is 0 Å². The summed E-state index contributed by atoms with van der Waals surface area (Å²) < 4.78 is 8.63. The van der Waals surface area contributed by atoms with Crippen molar-refractivity contribution in [3.8, 4) is 27.9 Å². The van der Waals surface area contributed by atoms with E-state index in [1.54, 1.807) is 0 Å². The van der Waals surface area contributed by atoms with E-state index in [1.807, 2.05) is 12.1 Å². The van der Waals surface area contributed by atoms with Gasteiger partial charge in [-0.2, -0.15) is 0 Å². The van der Waals surface area contributed by atoms with Gasteiger partial charge in [0, 0.05) is 27.2 Å². The first kappa shape index (κ1) is 25.2. The molecule has 0 aliphatic rings. The predicted molar refractivity (Wildman–Crippen MR) is 194 cm³/mol. The lowest BCUT2D eigenvalue weighted by Gasteiger charge is -2.13. The normalized spacial score (nSPS) is 11.9. The van der Waals surface area contributed by atoms with Crippen LogP contribution in [-0.2, 0) is 0 Å². The molecular formula is C44H27NO. The third kappa shape index (κ3) is 3.71. The second-order valence-electron chi connectivity index (χ2n) is 12.1. The number of fused-ring (bicyclic) bond motifs is 9. The standard InChI is InChI=1S/C44H27NO/c1-2-10-33-31(9-1)25-40(35-12-4-3-11-34(33)35)28-17-21-32(22-18-28)45-41-15-7-5-13-36(41)37-23-19-29(26-42(37)45)30-20-24-39-38-14-6-8-16-43(38)46-44(39)27-30/h1-27H. The van der Waals surface area contributed by atoms with Crippen molar-refractivity contribution in [3.05, 3.63) is 164 Å². The van der Waals surface area contributed by atoms with Crippen LogP contribution in [0.4, 0.5) is 0 Å². The molecule has 2 heterocycles. The molecule has 0 saturated carbocycles. The maximum atomic E-state index is 6.24. The minimum atomic E-state index is 0.913. The van der Waals surface area contributed by atoms with Crippen LogP contribution in [-0.4, -0.2) is 4.57 Å². The summed E-state index contributed by atoms with van der Waals surface area (Å²) in [5.74, 6) is 0. The molecule has 0 spiro atoms. The molecule has 0 aliphatic heterocycles. The van der Waals surface area contributed by atoms with Gasteiger partial charge in [-0.1, -0.05) is 115 Å². The number of para-hydroxylation sites is 2. The average molecular weight is 586 g/mol. The summed E-state index contributed by atoms with van der Waals surface area (Å²) in [6.07, 6.45) is 0. The highest BCUT2D eigenvalue weighted by Gasteiger charge is 2.15. The zero-order valence-corrected chi connectivity index (χ0v) is 24.9. The molecule has 46 heavy (non-hydrogen) atoms. The minimum Gasteiger partial charge on any atom is -0.456 e. The molecule has 0 N–H and O–H groups in total. The van der Waals surface area contributed by atoms with Crippen LogP contribution in [0.2, 0.25) is 0 Å². The van der Waals surface area contributed by atoms with E-state index in [4.69, 9.17) is 4.42 Å². The summed E-state index contributed by atoms with van der Waals surface area (Å²) in [5.41, 5.74) is 10.1. The van der Waals surface area contributed by atoms with Crippen LogP contribution in [0.3, 0.4) is 0 Å². The van der Waals surface area contributed by atoms with Crippen LogP contribution in [0.5, 0.6) is 0 Å². The van der Waals surface area contributed by atoms with Crippen LogP contribution in [0.25, 0.3) is 93.2 Å². The quantitative estimate of drug-likeness (QED) is 0.189. The molecule has 0 aliphatic carbocycles. The van der Waals surface area contributed by atoms with E-state index in [-0.39, 0.29) is 0 Å². The fourth-order valence-corrected chi connectivity index (χ4v) is 7.42. The summed E-state index contributed by atoms with van der Waals surface area (Å²) in [6, 6.07) is 59.1. The van der Waals surface area contributed by atoms with Crippen molar-refractivity contribution < 1.29 is 4.42 Å². The minimum absolute atomic E-state index is 0.913. The first-order valence-electron chi connectivity index (χ1n) is 15.8. The molecule has 2 nitrogen and oxygen atoms in total. The molecule has 10 aromatic rings. The molecule has 2 heteroatoms. The Balaban J connectivity index is 1.13. The van der Waals surface area contributed by atoms with Gasteiger partial charge in [0.15, 0.2) is 0 Å². The molecule has 0 fully saturated rings. The third-order valence-electron chi connectivity index (χ3n) is 9.59. The highest BCUT2D eigenvalue weighted by Crippen LogP contribution is 2.39. The van der Waals surface area contributed by atoms with Gasteiger partial charge in [-0.3, -0.25) is 0 Å². The second-order valence-corrected chi connectivity index (χ2v) is 12.1. The van der Waals surface area contributed by atoms with Gasteiger partial charge in [0.1, 0.15) is 11.2 Å². The van der Waals surface area contributed by atoms with Crippen LogP contribution in [0, 0.1) is 0 Å². The summed E-state index contributed by atoms with van der Waals surface area (Å²) >= 11 is 0. The van der Waals surface area contributed by atoms with Crippen molar-refractivity contribution in [3.63, 3.8) is 0 Å². The Hall–Kier alpha value is -6.12. The maximum Gasteiger partial charge on any atom is 0.136 e. The zero-order chi connectivity index (χ0) is 30.2. The zero-order valence-electron chi connectivity index (χ0n) is 24.9. The molecule has 0 amide bonds. The Labute approximate surface area is 265 Å². The monoisotopic (exact) mass is 585 g/mol. The van der Waals surface area contributed by atoms with E-state index >= 15 is 0 Å². The van der Waals surface area contributed by atoms with Gasteiger partial charge >= 0.3 is 0 Å². The molecule has 8 aromatic carbocycles. The average Bonchev–Trinajstić information content (AvgIpc) is 3.66. The smallest absolute Gasteiger partial charge is 0.136 e. The van der Waals surface area contributed by atoms with Crippen LogP contribution < -0.4 is 0 Å². The molecule has 0 atom stereocenters. The number of hydrogen-bond donors (Lipinski definition) is 0. The summed E-state index contributed by atoms with van der Waals surface area (Å²) in [6.45, 7) is 0. The number of furan rings is 1. The molecule has 2 aromatic heterocycles. The highest BCUT2D eigenvalue weighted by atomic mass is 16.3. The van der Waals surface area contributed by atoms with Crippen molar-refractivity contribution >= 4 is 65.3 Å². The first-order chi connectivity index (χ1) is 22.8. The predicted octanol–water partition coefficient (Wildman–Crippen LogP) is 12.3. The Morgan fingerprint density at radius 2 is 0.935 bits per heavy atom. The largest absolute Gasteiger partial charge is 0.456 e. The number of aromatic nitrogens is 1. The number of rotatable bonds is 3. The summed E-state index contributed by atoms with van der Waals surface area (Å²) in [4.78, 5) is 0. The fraction of sp³-hybridized carbons (Fsp3) is 0. The molecule has 214 valence electrons. The van der Waals surface area contributed by atoms with E-state index < -0.39 is 0 Å². The van der Waals surface area contributed by atoms with Gasteiger partial charge in [0.25, 0.3) is 0 Å². The lowest BCUT2D eigenvalue weighted by atomic mass is 9.93. The highest BCUT2D eigenvalue weighted by molar-refractivity contribution is 6.14. The second kappa shape index (κ2) is 9.69. The lowest BCUT2D eigenvalue weighted by Crippen LogP contribution is -1.94. The van der Waals surface area contributed by atoms with Crippen molar-refractivity contribution in [1.29, 1.82) is 0 Å². The fourth-order valence-electron chi connectivity index (χ4n) is 7.42. The van der Waals surface area contributed by atoms with Gasteiger partial charge in [0.05, 0.1) is 11.0 Å². The first-order valence-corrected chi connectivity index (χ1v) is 15.8. The Morgan fingerprint density at radius 1 is 0.348 bits per heavy atom. The topological polar surface area (TPSA) is 18.1 Å². The van der Waals surface area contributed by atoms with Crippen molar-refractivity contribution in [2.24, 2.45) is 0 Å². The van der Waals surface area contributed by atoms with Gasteiger partial charge in [0.2, 0.25) is 0 Å². The van der Waals surface area contributed by atoms with Gasteiger partial charge < -0.3 is 8.98 Å². The van der Waals surface area contributed by atoms with E-state index in [0.29, 0.717) is 0 Å².